The zero-order chi connectivity index (χ0) is 21.7. The Morgan fingerprint density at radius 3 is 2.50 bits per heavy atom. The molecule has 3 aromatic rings. The van der Waals surface area contributed by atoms with E-state index in [1.165, 1.54) is 0 Å². The number of benzene rings is 2. The van der Waals surface area contributed by atoms with Crippen LogP contribution in [0.2, 0.25) is 0 Å². The fraction of sp³-hybridized carbons (Fsp3) is 0.348. The summed E-state index contributed by atoms with van der Waals surface area (Å²) in [5, 5.41) is 19.3. The molecule has 7 heteroatoms. The van der Waals surface area contributed by atoms with E-state index in [9.17, 15) is 9.90 Å². The predicted octanol–water partition coefficient (Wildman–Crippen LogP) is 5.40. The van der Waals surface area contributed by atoms with Crippen LogP contribution in [0.25, 0.3) is 10.9 Å². The lowest BCUT2D eigenvalue weighted by Crippen LogP contribution is -2.07. The lowest BCUT2D eigenvalue weighted by molar-refractivity contribution is -0.120. The van der Waals surface area contributed by atoms with E-state index >= 15 is 0 Å². The van der Waals surface area contributed by atoms with Crippen LogP contribution in [0.3, 0.4) is 0 Å². The van der Waals surface area contributed by atoms with Crippen LogP contribution >= 0.6 is 0 Å². The number of fused-ring (bicyclic) bond motifs is 1. The fourth-order valence-electron chi connectivity index (χ4n) is 3.10. The molecule has 0 radical (unpaired) electrons. The molecule has 0 unspecified atom stereocenters. The third-order valence-electron chi connectivity index (χ3n) is 4.78. The van der Waals surface area contributed by atoms with Gasteiger partial charge in [-0.05, 0) is 55.7 Å². The second-order valence-electron chi connectivity index (χ2n) is 7.58. The molecule has 0 atom stereocenters. The van der Waals surface area contributed by atoms with Crippen molar-refractivity contribution in [1.82, 2.24) is 4.57 Å². The highest BCUT2D eigenvalue weighted by Gasteiger charge is 2.17. The molecule has 0 bridgehead atoms. The molecule has 1 heterocycles. The van der Waals surface area contributed by atoms with Gasteiger partial charge in [0.05, 0.1) is 12.6 Å². The molecule has 1 N–H and O–H groups in total. The van der Waals surface area contributed by atoms with E-state index in [1.54, 1.807) is 31.4 Å². The van der Waals surface area contributed by atoms with Gasteiger partial charge >= 0.3 is 5.91 Å². The predicted molar refractivity (Wildman–Crippen MR) is 116 cm³/mol. The average Bonchev–Trinajstić information content (AvgIpc) is 2.99. The maximum absolute atomic E-state index is 12.2. The molecule has 3 rings (SSSR count). The zero-order valence-electron chi connectivity index (χ0n) is 17.8. The maximum Gasteiger partial charge on any atom is 0.302 e. The number of aromatic hydroxyl groups is 1. The molecular weight excluding hydrogens is 382 g/mol. The minimum Gasteiger partial charge on any atom is -0.497 e. The first-order chi connectivity index (χ1) is 14.4. The molecule has 1 amide bonds. The van der Waals surface area contributed by atoms with E-state index in [0.717, 1.165) is 22.9 Å². The molecule has 0 spiro atoms. The van der Waals surface area contributed by atoms with Crippen molar-refractivity contribution in [3.63, 3.8) is 0 Å². The highest BCUT2D eigenvalue weighted by Crippen LogP contribution is 2.39. The first kappa shape index (κ1) is 21.4. The number of azo groups is 1. The summed E-state index contributed by atoms with van der Waals surface area (Å²) in [7, 11) is 1.58. The summed E-state index contributed by atoms with van der Waals surface area (Å²) < 4.78 is 12.3. The highest BCUT2D eigenvalue weighted by atomic mass is 16.5. The van der Waals surface area contributed by atoms with Crippen LogP contribution in [-0.4, -0.2) is 29.3 Å². The minimum atomic E-state index is -0.541. The van der Waals surface area contributed by atoms with E-state index < -0.39 is 5.91 Å². The summed E-state index contributed by atoms with van der Waals surface area (Å²) in [6.07, 6.45) is 0.913. The summed E-state index contributed by atoms with van der Waals surface area (Å²) in [5.74, 6) is 1.20. The third-order valence-corrected chi connectivity index (χ3v) is 4.78. The number of amides is 1. The number of rotatable bonds is 8. The van der Waals surface area contributed by atoms with Gasteiger partial charge in [-0.2, -0.15) is 0 Å². The molecule has 158 valence electrons. The largest absolute Gasteiger partial charge is 0.497 e. The number of aromatic nitrogens is 1. The van der Waals surface area contributed by atoms with Gasteiger partial charge < -0.3 is 19.1 Å². The van der Waals surface area contributed by atoms with E-state index in [1.807, 2.05) is 29.7 Å². The van der Waals surface area contributed by atoms with Gasteiger partial charge in [0.1, 0.15) is 11.5 Å². The number of hydrogen-bond acceptors (Lipinski definition) is 5. The molecule has 0 aliphatic carbocycles. The number of aryl methyl sites for hydroxylation is 2. The van der Waals surface area contributed by atoms with E-state index in [-0.39, 0.29) is 12.5 Å². The van der Waals surface area contributed by atoms with Crippen molar-refractivity contribution < 1.29 is 19.4 Å². The molecule has 0 saturated heterocycles. The summed E-state index contributed by atoms with van der Waals surface area (Å²) in [6.45, 7) is 6.65. The second-order valence-corrected chi connectivity index (χ2v) is 7.58. The van der Waals surface area contributed by atoms with Crippen LogP contribution < -0.4 is 9.47 Å². The summed E-state index contributed by atoms with van der Waals surface area (Å²) >= 11 is 0. The van der Waals surface area contributed by atoms with Crippen LogP contribution in [0.4, 0.5) is 5.69 Å². The van der Waals surface area contributed by atoms with E-state index in [4.69, 9.17) is 9.47 Å². The van der Waals surface area contributed by atoms with Gasteiger partial charge in [-0.3, -0.25) is 4.79 Å². The Balaban J connectivity index is 1.77. The highest BCUT2D eigenvalue weighted by molar-refractivity contribution is 5.95. The Morgan fingerprint density at radius 1 is 1.13 bits per heavy atom. The van der Waals surface area contributed by atoms with Gasteiger partial charge in [-0.1, -0.05) is 25.5 Å². The van der Waals surface area contributed by atoms with Crippen molar-refractivity contribution in [3.05, 3.63) is 48.0 Å². The zero-order valence-corrected chi connectivity index (χ0v) is 17.8. The summed E-state index contributed by atoms with van der Waals surface area (Å²) in [6, 6.07) is 12.8. The molecule has 30 heavy (non-hydrogen) atoms. The molecule has 1 aromatic heterocycles. The van der Waals surface area contributed by atoms with Crippen molar-refractivity contribution in [1.29, 1.82) is 0 Å². The smallest absolute Gasteiger partial charge is 0.302 e. The molecule has 0 saturated carbocycles. The topological polar surface area (TPSA) is 85.4 Å². The summed E-state index contributed by atoms with van der Waals surface area (Å²) in [5.41, 5.74) is 2.21. The number of carbonyl (C=O) groups is 1. The number of methoxy groups -OCH3 is 1. The van der Waals surface area contributed by atoms with Gasteiger partial charge in [-0.25, -0.2) is 0 Å². The molecular formula is C23H27N3O4. The van der Waals surface area contributed by atoms with Crippen LogP contribution in [-0.2, 0) is 11.3 Å². The maximum atomic E-state index is 12.2. The molecule has 0 aliphatic heterocycles. The molecule has 0 fully saturated rings. The number of carbonyl (C=O) groups excluding carboxylic acids is 1. The van der Waals surface area contributed by atoms with Gasteiger partial charge in [0, 0.05) is 11.9 Å². The van der Waals surface area contributed by atoms with Gasteiger partial charge in [0.25, 0.3) is 0 Å². The van der Waals surface area contributed by atoms with E-state index in [2.05, 4.69) is 24.1 Å². The van der Waals surface area contributed by atoms with Gasteiger partial charge in [0.15, 0.2) is 12.3 Å². The lowest BCUT2D eigenvalue weighted by atomic mass is 10.1. The Hall–Kier alpha value is -3.35. The normalized spacial score (nSPS) is 11.5. The first-order valence-electron chi connectivity index (χ1n) is 9.92. The monoisotopic (exact) mass is 409 g/mol. The lowest BCUT2D eigenvalue weighted by Gasteiger charge is -2.09. The fourth-order valence-corrected chi connectivity index (χ4v) is 3.10. The number of ether oxygens (including phenoxy) is 2. The minimum absolute atomic E-state index is 0.0175. The van der Waals surface area contributed by atoms with Crippen molar-refractivity contribution in [2.24, 2.45) is 16.1 Å². The second kappa shape index (κ2) is 9.43. The third kappa shape index (κ3) is 4.97. The Bertz CT molecular complexity index is 1050. The molecule has 7 nitrogen and oxygen atoms in total. The van der Waals surface area contributed by atoms with Crippen LogP contribution in [0.5, 0.6) is 17.4 Å². The Morgan fingerprint density at radius 2 is 1.83 bits per heavy atom. The SMILES string of the molecule is COc1ccc(OCC(=O)N=Nc2c(O)n(CCC(C)C)c3ccc(C)cc23)cc1. The summed E-state index contributed by atoms with van der Waals surface area (Å²) in [4.78, 5) is 12.2. The van der Waals surface area contributed by atoms with Gasteiger partial charge in [-0.15, -0.1) is 10.2 Å². The van der Waals surface area contributed by atoms with Gasteiger partial charge in [0.2, 0.25) is 5.88 Å². The molecule has 2 aromatic carbocycles. The van der Waals surface area contributed by atoms with Crippen molar-refractivity contribution >= 4 is 22.5 Å². The standard InChI is InChI=1S/C23H27N3O4/c1-15(2)11-12-26-20-10-5-16(3)13-19(20)22(23(26)28)25-24-21(27)14-30-18-8-6-17(29-4)7-9-18/h5-10,13,15,28H,11-12,14H2,1-4H3. The number of nitrogens with zero attached hydrogens (tertiary/aromatic N) is 3. The number of hydrogen-bond donors (Lipinski definition) is 1. The van der Waals surface area contributed by atoms with Crippen molar-refractivity contribution in [2.45, 2.75) is 33.7 Å². The Labute approximate surface area is 176 Å². The Kier molecular flexibility index (Phi) is 6.72. The van der Waals surface area contributed by atoms with Crippen LogP contribution in [0, 0.1) is 12.8 Å². The van der Waals surface area contributed by atoms with Crippen LogP contribution in [0.15, 0.2) is 52.7 Å². The van der Waals surface area contributed by atoms with Crippen molar-refractivity contribution in [3.8, 4) is 17.4 Å². The van der Waals surface area contributed by atoms with Crippen molar-refractivity contribution in [2.75, 3.05) is 13.7 Å². The molecule has 0 aliphatic rings. The quantitative estimate of drug-likeness (QED) is 0.505. The first-order valence-corrected chi connectivity index (χ1v) is 9.92. The van der Waals surface area contributed by atoms with Crippen LogP contribution in [0.1, 0.15) is 25.8 Å². The average molecular weight is 409 g/mol. The van der Waals surface area contributed by atoms with E-state index in [0.29, 0.717) is 29.6 Å².